The van der Waals surface area contributed by atoms with Gasteiger partial charge < -0.3 is 14.4 Å². The number of hydrogen-bond donors (Lipinski definition) is 0. The number of nitrogens with zero attached hydrogens (tertiary/aromatic N) is 3. The van der Waals surface area contributed by atoms with Crippen molar-refractivity contribution in [1.29, 1.82) is 0 Å². The van der Waals surface area contributed by atoms with Gasteiger partial charge in [0.05, 0.1) is 11.4 Å². The Labute approximate surface area is 164 Å². The molecule has 2 aromatic carbocycles. The van der Waals surface area contributed by atoms with Crippen molar-refractivity contribution < 1.29 is 14.3 Å². The molecule has 0 unspecified atom stereocenters. The van der Waals surface area contributed by atoms with Crippen molar-refractivity contribution in [2.24, 2.45) is 0 Å². The van der Waals surface area contributed by atoms with Crippen LogP contribution in [0, 0.1) is 13.8 Å². The summed E-state index contributed by atoms with van der Waals surface area (Å²) in [7, 11) is 1.78. The van der Waals surface area contributed by atoms with Gasteiger partial charge in [-0.3, -0.25) is 4.79 Å². The average molecular weight is 377 g/mol. The summed E-state index contributed by atoms with van der Waals surface area (Å²) < 4.78 is 13.4. The Kier molecular flexibility index (Phi) is 4.77. The quantitative estimate of drug-likeness (QED) is 0.700. The number of amides is 1. The van der Waals surface area contributed by atoms with Crippen LogP contribution >= 0.6 is 0 Å². The predicted molar refractivity (Wildman–Crippen MR) is 106 cm³/mol. The minimum Gasteiger partial charge on any atom is -0.485 e. The maximum Gasteiger partial charge on any atom is 0.267 e. The van der Waals surface area contributed by atoms with Crippen LogP contribution in [-0.4, -0.2) is 40.3 Å². The van der Waals surface area contributed by atoms with E-state index in [0.717, 1.165) is 22.6 Å². The molecule has 6 heteroatoms. The first-order valence-corrected chi connectivity index (χ1v) is 9.28. The summed E-state index contributed by atoms with van der Waals surface area (Å²) in [6.07, 6.45) is -0.648. The zero-order chi connectivity index (χ0) is 19.7. The molecule has 0 spiro atoms. The molecule has 0 bridgehead atoms. The molecule has 28 heavy (non-hydrogen) atoms. The van der Waals surface area contributed by atoms with Crippen molar-refractivity contribution >= 4 is 5.91 Å². The van der Waals surface area contributed by atoms with Crippen LogP contribution < -0.4 is 9.47 Å². The number of aryl methyl sites for hydroxylation is 1. The summed E-state index contributed by atoms with van der Waals surface area (Å²) in [5.41, 5.74) is 3.97. The van der Waals surface area contributed by atoms with Crippen molar-refractivity contribution in [2.45, 2.75) is 26.5 Å². The third-order valence-electron chi connectivity index (χ3n) is 5.00. The van der Waals surface area contributed by atoms with Gasteiger partial charge in [-0.05, 0) is 38.1 Å². The SMILES string of the molecule is Cc1nn(-c2ccccc2)c(C)c1CN(C)C(=O)[C@H]1COc2ccccc2O1. The summed E-state index contributed by atoms with van der Waals surface area (Å²) in [5.74, 6) is 1.16. The van der Waals surface area contributed by atoms with Gasteiger partial charge in [0, 0.05) is 24.8 Å². The van der Waals surface area contributed by atoms with Crippen molar-refractivity contribution in [3.05, 3.63) is 71.5 Å². The Morgan fingerprint density at radius 3 is 2.54 bits per heavy atom. The van der Waals surface area contributed by atoms with Gasteiger partial charge in [-0.1, -0.05) is 30.3 Å². The number of rotatable bonds is 4. The molecule has 1 amide bonds. The van der Waals surface area contributed by atoms with Crippen LogP contribution in [0.4, 0.5) is 0 Å². The first-order valence-electron chi connectivity index (χ1n) is 9.28. The third-order valence-corrected chi connectivity index (χ3v) is 5.00. The molecule has 1 aromatic heterocycles. The molecule has 0 saturated carbocycles. The minimum absolute atomic E-state index is 0.110. The van der Waals surface area contributed by atoms with Gasteiger partial charge in [-0.25, -0.2) is 4.68 Å². The number of fused-ring (bicyclic) bond motifs is 1. The summed E-state index contributed by atoms with van der Waals surface area (Å²) in [4.78, 5) is 14.6. The van der Waals surface area contributed by atoms with Crippen molar-refractivity contribution in [3.8, 4) is 17.2 Å². The first kappa shape index (κ1) is 18.1. The number of carbonyl (C=O) groups excluding carboxylic acids is 1. The summed E-state index contributed by atoms with van der Waals surface area (Å²) in [6.45, 7) is 4.67. The molecule has 0 fully saturated rings. The molecule has 0 radical (unpaired) electrons. The molecule has 3 aromatic rings. The van der Waals surface area contributed by atoms with Gasteiger partial charge in [-0.2, -0.15) is 5.10 Å². The molecule has 0 aliphatic carbocycles. The molecule has 144 valence electrons. The molecule has 0 N–H and O–H groups in total. The smallest absolute Gasteiger partial charge is 0.267 e. The standard InChI is InChI=1S/C22H23N3O3/c1-15-18(16(2)25(23-15)17-9-5-4-6-10-17)13-24(3)22(26)21-14-27-19-11-7-8-12-20(19)28-21/h4-12,21H,13-14H2,1-3H3/t21-/m1/s1. The number of aromatic nitrogens is 2. The summed E-state index contributed by atoms with van der Waals surface area (Å²) in [5, 5.41) is 4.66. The normalized spacial score (nSPS) is 15.3. The number of hydrogen-bond acceptors (Lipinski definition) is 4. The van der Waals surface area contributed by atoms with Gasteiger partial charge in [0.25, 0.3) is 5.91 Å². The first-order chi connectivity index (χ1) is 13.5. The van der Waals surface area contributed by atoms with Gasteiger partial charge in [-0.15, -0.1) is 0 Å². The van der Waals surface area contributed by atoms with Gasteiger partial charge in [0.15, 0.2) is 11.5 Å². The second kappa shape index (κ2) is 7.38. The number of carbonyl (C=O) groups is 1. The lowest BCUT2D eigenvalue weighted by Crippen LogP contribution is -2.44. The van der Waals surface area contributed by atoms with Crippen LogP contribution in [0.2, 0.25) is 0 Å². The van der Waals surface area contributed by atoms with Gasteiger partial charge in [0.1, 0.15) is 6.61 Å². The molecule has 1 aliphatic rings. The van der Waals surface area contributed by atoms with Crippen molar-refractivity contribution in [3.63, 3.8) is 0 Å². The monoisotopic (exact) mass is 377 g/mol. The fourth-order valence-electron chi connectivity index (χ4n) is 3.43. The van der Waals surface area contributed by atoms with Gasteiger partial charge >= 0.3 is 0 Å². The number of para-hydroxylation sites is 3. The van der Waals surface area contributed by atoms with E-state index in [4.69, 9.17) is 9.47 Å². The van der Waals surface area contributed by atoms with E-state index in [0.29, 0.717) is 18.0 Å². The second-order valence-corrected chi connectivity index (χ2v) is 6.96. The Bertz CT molecular complexity index is 998. The van der Waals surface area contributed by atoms with E-state index in [-0.39, 0.29) is 12.5 Å². The van der Waals surface area contributed by atoms with E-state index in [2.05, 4.69) is 5.10 Å². The molecule has 6 nitrogen and oxygen atoms in total. The fraction of sp³-hybridized carbons (Fsp3) is 0.273. The maximum absolute atomic E-state index is 12.9. The zero-order valence-corrected chi connectivity index (χ0v) is 16.3. The van der Waals surface area contributed by atoms with Crippen LogP contribution in [0.3, 0.4) is 0 Å². The van der Waals surface area contributed by atoms with Crippen LogP contribution in [0.1, 0.15) is 17.0 Å². The van der Waals surface area contributed by atoms with E-state index in [1.807, 2.05) is 73.1 Å². The minimum atomic E-state index is -0.648. The number of ether oxygens (including phenoxy) is 2. The van der Waals surface area contributed by atoms with E-state index in [1.54, 1.807) is 11.9 Å². The van der Waals surface area contributed by atoms with E-state index in [1.165, 1.54) is 0 Å². The van der Waals surface area contributed by atoms with Crippen LogP contribution in [0.15, 0.2) is 54.6 Å². The lowest BCUT2D eigenvalue weighted by molar-refractivity contribution is -0.140. The molecule has 0 saturated heterocycles. The number of benzene rings is 2. The Morgan fingerprint density at radius 1 is 1.11 bits per heavy atom. The number of likely N-dealkylation sites (N-methyl/N-ethyl adjacent to an activating group) is 1. The van der Waals surface area contributed by atoms with Crippen molar-refractivity contribution in [1.82, 2.24) is 14.7 Å². The lowest BCUT2D eigenvalue weighted by atomic mass is 10.1. The van der Waals surface area contributed by atoms with E-state index in [9.17, 15) is 4.79 Å². The molecular weight excluding hydrogens is 354 g/mol. The second-order valence-electron chi connectivity index (χ2n) is 6.96. The fourth-order valence-corrected chi connectivity index (χ4v) is 3.43. The van der Waals surface area contributed by atoms with Crippen LogP contribution in [0.25, 0.3) is 5.69 Å². The van der Waals surface area contributed by atoms with Crippen LogP contribution in [-0.2, 0) is 11.3 Å². The Morgan fingerprint density at radius 2 is 1.79 bits per heavy atom. The van der Waals surface area contributed by atoms with Gasteiger partial charge in [0.2, 0.25) is 6.10 Å². The molecule has 2 heterocycles. The highest BCUT2D eigenvalue weighted by Gasteiger charge is 2.30. The largest absolute Gasteiger partial charge is 0.485 e. The average Bonchev–Trinajstić information content (AvgIpc) is 3.01. The highest BCUT2D eigenvalue weighted by atomic mass is 16.6. The predicted octanol–water partition coefficient (Wildman–Crippen LogP) is 3.29. The zero-order valence-electron chi connectivity index (χ0n) is 16.3. The van der Waals surface area contributed by atoms with Crippen LogP contribution in [0.5, 0.6) is 11.5 Å². The third kappa shape index (κ3) is 3.33. The molecule has 1 aliphatic heterocycles. The molecule has 4 rings (SSSR count). The maximum atomic E-state index is 12.9. The molecule has 1 atom stereocenters. The molecular formula is C22H23N3O3. The summed E-state index contributed by atoms with van der Waals surface area (Å²) >= 11 is 0. The highest BCUT2D eigenvalue weighted by molar-refractivity contribution is 5.81. The topological polar surface area (TPSA) is 56.6 Å². The highest BCUT2D eigenvalue weighted by Crippen LogP contribution is 2.31. The Balaban J connectivity index is 1.50. The van der Waals surface area contributed by atoms with Crippen molar-refractivity contribution in [2.75, 3.05) is 13.7 Å². The lowest BCUT2D eigenvalue weighted by Gasteiger charge is -2.29. The Hall–Kier alpha value is -3.28. The summed E-state index contributed by atoms with van der Waals surface area (Å²) in [6, 6.07) is 17.4. The van der Waals surface area contributed by atoms with E-state index < -0.39 is 6.10 Å². The van der Waals surface area contributed by atoms with E-state index >= 15 is 0 Å².